The molecule has 0 spiro atoms. The van der Waals surface area contributed by atoms with Gasteiger partial charge in [-0.2, -0.15) is 0 Å². The Morgan fingerprint density at radius 2 is 2.15 bits per heavy atom. The van der Waals surface area contributed by atoms with Gasteiger partial charge in [0.25, 0.3) is 0 Å². The molecule has 0 radical (unpaired) electrons. The zero-order chi connectivity index (χ0) is 14.5. The van der Waals surface area contributed by atoms with E-state index in [0.717, 1.165) is 43.1 Å². The molecular formula is C16H25ClN2O. The van der Waals surface area contributed by atoms with E-state index in [2.05, 4.69) is 24.8 Å². The number of nitrogens with zero attached hydrogens (tertiary/aromatic N) is 1. The van der Waals surface area contributed by atoms with Crippen LogP contribution in [-0.4, -0.2) is 36.7 Å². The van der Waals surface area contributed by atoms with Crippen LogP contribution in [-0.2, 0) is 4.74 Å². The van der Waals surface area contributed by atoms with Crippen molar-refractivity contribution in [3.05, 3.63) is 34.9 Å². The van der Waals surface area contributed by atoms with Gasteiger partial charge in [-0.15, -0.1) is 0 Å². The maximum Gasteiger partial charge on any atom is 0.0700 e. The highest BCUT2D eigenvalue weighted by Gasteiger charge is 2.31. The molecule has 3 atom stereocenters. The summed E-state index contributed by atoms with van der Waals surface area (Å²) in [6, 6.07) is 8.31. The second kappa shape index (κ2) is 7.41. The highest BCUT2D eigenvalue weighted by molar-refractivity contribution is 6.31. The van der Waals surface area contributed by atoms with Gasteiger partial charge in [0.2, 0.25) is 0 Å². The molecule has 1 aromatic rings. The van der Waals surface area contributed by atoms with Gasteiger partial charge in [-0.3, -0.25) is 4.90 Å². The lowest BCUT2D eigenvalue weighted by molar-refractivity contribution is -0.0486. The standard InChI is InChI=1S/C16H25ClN2O/c1-3-12-11-19(9-10-20-12)16(15(18)4-2)13-7-5-6-8-14(13)17/h5-8,12,15-16H,3-4,9-11,18H2,1-2H3. The fraction of sp³-hybridized carbons (Fsp3) is 0.625. The van der Waals surface area contributed by atoms with Gasteiger partial charge in [-0.25, -0.2) is 0 Å². The fourth-order valence-electron chi connectivity index (χ4n) is 2.88. The van der Waals surface area contributed by atoms with Gasteiger partial charge in [0.1, 0.15) is 0 Å². The average molecular weight is 297 g/mol. The monoisotopic (exact) mass is 296 g/mol. The summed E-state index contributed by atoms with van der Waals surface area (Å²) in [5.41, 5.74) is 7.53. The van der Waals surface area contributed by atoms with Gasteiger partial charge in [-0.1, -0.05) is 43.6 Å². The summed E-state index contributed by atoms with van der Waals surface area (Å²) in [5, 5.41) is 0.806. The summed E-state index contributed by atoms with van der Waals surface area (Å²) < 4.78 is 5.77. The zero-order valence-corrected chi connectivity index (χ0v) is 13.1. The van der Waals surface area contributed by atoms with Crippen molar-refractivity contribution >= 4 is 11.6 Å². The van der Waals surface area contributed by atoms with Crippen LogP contribution in [0.3, 0.4) is 0 Å². The highest BCUT2D eigenvalue weighted by Crippen LogP contribution is 2.32. The molecule has 0 amide bonds. The van der Waals surface area contributed by atoms with E-state index >= 15 is 0 Å². The van der Waals surface area contributed by atoms with Gasteiger partial charge >= 0.3 is 0 Å². The minimum atomic E-state index is 0.0884. The van der Waals surface area contributed by atoms with Gasteiger partial charge in [-0.05, 0) is 24.5 Å². The lowest BCUT2D eigenvalue weighted by Crippen LogP contribution is -2.49. The molecule has 2 N–H and O–H groups in total. The lowest BCUT2D eigenvalue weighted by Gasteiger charge is -2.41. The molecule has 112 valence electrons. The van der Waals surface area contributed by atoms with E-state index in [1.807, 2.05) is 18.2 Å². The van der Waals surface area contributed by atoms with E-state index in [1.165, 1.54) is 0 Å². The summed E-state index contributed by atoms with van der Waals surface area (Å²) in [6.07, 6.45) is 2.27. The largest absolute Gasteiger partial charge is 0.376 e. The Hall–Kier alpha value is -0.610. The summed E-state index contributed by atoms with van der Waals surface area (Å²) in [7, 11) is 0. The molecule has 1 aromatic carbocycles. The van der Waals surface area contributed by atoms with Crippen LogP contribution in [0.5, 0.6) is 0 Å². The molecule has 3 nitrogen and oxygen atoms in total. The van der Waals surface area contributed by atoms with Crippen molar-refractivity contribution in [3.8, 4) is 0 Å². The number of benzene rings is 1. The predicted octanol–water partition coefficient (Wildman–Crippen LogP) is 3.23. The van der Waals surface area contributed by atoms with E-state index in [1.54, 1.807) is 0 Å². The van der Waals surface area contributed by atoms with Crippen molar-refractivity contribution in [2.45, 2.75) is 44.9 Å². The van der Waals surface area contributed by atoms with Gasteiger partial charge in [0.05, 0.1) is 18.8 Å². The number of hydrogen-bond donors (Lipinski definition) is 1. The van der Waals surface area contributed by atoms with Crippen LogP contribution < -0.4 is 5.73 Å². The molecule has 0 saturated carbocycles. The lowest BCUT2D eigenvalue weighted by atomic mass is 9.95. The molecule has 1 aliphatic heterocycles. The minimum absolute atomic E-state index is 0.0884. The van der Waals surface area contributed by atoms with E-state index in [0.29, 0.717) is 6.10 Å². The van der Waals surface area contributed by atoms with E-state index < -0.39 is 0 Å². The van der Waals surface area contributed by atoms with Gasteiger partial charge in [0, 0.05) is 24.2 Å². The van der Waals surface area contributed by atoms with Crippen molar-refractivity contribution < 1.29 is 4.74 Å². The Morgan fingerprint density at radius 1 is 1.40 bits per heavy atom. The van der Waals surface area contributed by atoms with E-state index in [4.69, 9.17) is 22.1 Å². The molecule has 1 saturated heterocycles. The van der Waals surface area contributed by atoms with E-state index in [-0.39, 0.29) is 12.1 Å². The number of hydrogen-bond acceptors (Lipinski definition) is 3. The Bertz CT molecular complexity index is 427. The normalized spacial score (nSPS) is 23.5. The second-order valence-corrected chi connectivity index (χ2v) is 5.84. The first-order chi connectivity index (χ1) is 9.67. The van der Waals surface area contributed by atoms with E-state index in [9.17, 15) is 0 Å². The molecule has 0 bridgehead atoms. The SMILES string of the molecule is CCC1CN(C(c2ccccc2Cl)C(N)CC)CCO1. The first kappa shape index (κ1) is 15.8. The molecule has 4 heteroatoms. The Kier molecular flexibility index (Phi) is 5.85. The van der Waals surface area contributed by atoms with Crippen molar-refractivity contribution in [1.82, 2.24) is 4.90 Å². The van der Waals surface area contributed by atoms with Crippen molar-refractivity contribution in [2.24, 2.45) is 5.73 Å². The molecule has 1 fully saturated rings. The smallest absolute Gasteiger partial charge is 0.0700 e. The second-order valence-electron chi connectivity index (χ2n) is 5.43. The maximum atomic E-state index is 6.40. The summed E-state index contributed by atoms with van der Waals surface area (Å²) >= 11 is 6.40. The third kappa shape index (κ3) is 3.53. The van der Waals surface area contributed by atoms with Crippen LogP contribution in [0.15, 0.2) is 24.3 Å². The number of rotatable bonds is 5. The summed E-state index contributed by atoms with van der Waals surface area (Å²) in [5.74, 6) is 0. The molecule has 0 aliphatic carbocycles. The number of ether oxygens (including phenoxy) is 1. The van der Waals surface area contributed by atoms with Gasteiger partial charge < -0.3 is 10.5 Å². The summed E-state index contributed by atoms with van der Waals surface area (Å²) in [4.78, 5) is 2.44. The van der Waals surface area contributed by atoms with Crippen molar-refractivity contribution in [2.75, 3.05) is 19.7 Å². The van der Waals surface area contributed by atoms with Crippen LogP contribution in [0.2, 0.25) is 5.02 Å². The molecule has 20 heavy (non-hydrogen) atoms. The first-order valence-corrected chi connectivity index (χ1v) is 7.90. The minimum Gasteiger partial charge on any atom is -0.376 e. The van der Waals surface area contributed by atoms with Crippen LogP contribution in [0.1, 0.15) is 38.3 Å². The first-order valence-electron chi connectivity index (χ1n) is 7.53. The zero-order valence-electron chi connectivity index (χ0n) is 12.4. The molecule has 0 aromatic heterocycles. The van der Waals surface area contributed by atoms with Crippen molar-refractivity contribution in [3.63, 3.8) is 0 Å². The summed E-state index contributed by atoms with van der Waals surface area (Å²) in [6.45, 7) is 6.92. The van der Waals surface area contributed by atoms with Crippen molar-refractivity contribution in [1.29, 1.82) is 0 Å². The third-order valence-corrected chi connectivity index (χ3v) is 4.46. The average Bonchev–Trinajstić information content (AvgIpc) is 2.49. The Labute approximate surface area is 127 Å². The predicted molar refractivity (Wildman–Crippen MR) is 84.1 cm³/mol. The number of morpholine rings is 1. The van der Waals surface area contributed by atoms with Crippen LogP contribution >= 0.6 is 11.6 Å². The Balaban J connectivity index is 2.26. The number of halogens is 1. The quantitative estimate of drug-likeness (QED) is 0.906. The molecule has 1 heterocycles. The van der Waals surface area contributed by atoms with Crippen LogP contribution in [0, 0.1) is 0 Å². The fourth-order valence-corrected chi connectivity index (χ4v) is 3.13. The maximum absolute atomic E-state index is 6.40. The van der Waals surface area contributed by atoms with Crippen LogP contribution in [0.4, 0.5) is 0 Å². The Morgan fingerprint density at radius 3 is 2.80 bits per heavy atom. The number of nitrogens with two attached hydrogens (primary N) is 1. The molecule has 1 aliphatic rings. The molecule has 3 unspecified atom stereocenters. The molecule has 2 rings (SSSR count). The van der Waals surface area contributed by atoms with Gasteiger partial charge in [0.15, 0.2) is 0 Å². The topological polar surface area (TPSA) is 38.5 Å². The highest BCUT2D eigenvalue weighted by atomic mass is 35.5. The molecular weight excluding hydrogens is 272 g/mol. The third-order valence-electron chi connectivity index (χ3n) is 4.12. The van der Waals surface area contributed by atoms with Crippen LogP contribution in [0.25, 0.3) is 0 Å².